The van der Waals surface area contributed by atoms with Gasteiger partial charge < -0.3 is 26.0 Å². The molecule has 12 nitrogen and oxygen atoms in total. The van der Waals surface area contributed by atoms with E-state index in [0.29, 0.717) is 89.1 Å². The van der Waals surface area contributed by atoms with Crippen LogP contribution in [0.15, 0.2) is 77.9 Å². The van der Waals surface area contributed by atoms with Crippen LogP contribution in [0.1, 0.15) is 42.4 Å². The fourth-order valence-corrected chi connectivity index (χ4v) is 7.17. The minimum atomic E-state index is -0.177. The molecule has 5 aromatic rings. The molecule has 2 fully saturated rings. The van der Waals surface area contributed by atoms with E-state index < -0.39 is 0 Å². The van der Waals surface area contributed by atoms with E-state index in [-0.39, 0.29) is 29.5 Å². The first-order valence-corrected chi connectivity index (χ1v) is 17.6. The van der Waals surface area contributed by atoms with Crippen LogP contribution in [0.4, 0.5) is 0 Å². The molecular weight excluding hydrogens is 680 g/mol. The van der Waals surface area contributed by atoms with Crippen LogP contribution >= 0.6 is 11.6 Å². The molecule has 2 atom stereocenters. The number of hydrogen-bond donors (Lipinski definition) is 4. The molecule has 2 amide bonds. The lowest BCUT2D eigenvalue weighted by Crippen LogP contribution is -2.36. The van der Waals surface area contributed by atoms with Gasteiger partial charge >= 0.3 is 0 Å². The van der Waals surface area contributed by atoms with Crippen molar-refractivity contribution >= 4 is 29.1 Å². The number of hydrogen-bond acceptors (Lipinski definition) is 9. The topological polar surface area (TPSA) is 163 Å². The third-order valence-electron chi connectivity index (χ3n) is 9.55. The Morgan fingerprint density at radius 3 is 2.19 bits per heavy atom. The summed E-state index contributed by atoms with van der Waals surface area (Å²) in [5.74, 6) is 0.579. The van der Waals surface area contributed by atoms with Crippen LogP contribution in [0.3, 0.4) is 0 Å². The van der Waals surface area contributed by atoms with Gasteiger partial charge in [-0.15, -0.1) is 0 Å². The van der Waals surface area contributed by atoms with Gasteiger partial charge in [-0.05, 0) is 36.6 Å². The Bertz CT molecular complexity index is 2280. The van der Waals surface area contributed by atoms with Crippen LogP contribution in [0.5, 0.6) is 5.88 Å². The molecule has 3 aromatic heterocycles. The average molecular weight is 717 g/mol. The summed E-state index contributed by atoms with van der Waals surface area (Å²) in [6.45, 7) is 2.07. The number of methoxy groups -OCH3 is 1. The quantitative estimate of drug-likeness (QED) is 0.147. The van der Waals surface area contributed by atoms with E-state index in [2.05, 4.69) is 32.3 Å². The van der Waals surface area contributed by atoms with Crippen LogP contribution in [0.2, 0.25) is 5.02 Å². The van der Waals surface area contributed by atoms with Crippen molar-refractivity contribution in [1.82, 2.24) is 35.6 Å². The van der Waals surface area contributed by atoms with Crippen molar-refractivity contribution in [2.45, 2.75) is 50.9 Å². The molecule has 0 unspecified atom stereocenters. The zero-order valence-corrected chi connectivity index (χ0v) is 29.3. The molecule has 52 heavy (non-hydrogen) atoms. The van der Waals surface area contributed by atoms with Gasteiger partial charge in [-0.3, -0.25) is 18.8 Å². The minimum absolute atomic E-state index is 0.0537. The molecule has 2 aliphatic heterocycles. The lowest BCUT2D eigenvalue weighted by atomic mass is 9.92. The number of carbonyl (C=O) groups excluding carboxylic acids is 2. The Kier molecular flexibility index (Phi) is 10.3. The number of amides is 2. The first kappa shape index (κ1) is 34.8. The molecule has 4 N–H and O–H groups in total. The molecule has 7 rings (SSSR count). The standard InChI is InChI=1S/C39H37ClN8O4/c1-52-38-24(18-42-21-26-9-12-35(49)45-26)8-11-33(47-38)30-6-3-5-29(32(30)17-41)31-7-2-4-28(37(31)40)23-14-15-48-34(16-23)44-20-25(39(48)51)19-43-22-27-10-13-36(50)46-27/h2-8,11,14-16,20,26-27,42-43H,9-10,12-13,18-19,21-22H2,1H3,(H,45,49)(H,46,50)/t26-,27+/m0/s1. The van der Waals surface area contributed by atoms with Crippen molar-refractivity contribution in [2.24, 2.45) is 0 Å². The number of ether oxygens (including phenoxy) is 1. The molecular formula is C39H37ClN8O4. The minimum Gasteiger partial charge on any atom is -0.481 e. The number of pyridine rings is 2. The summed E-state index contributed by atoms with van der Waals surface area (Å²) < 4.78 is 7.14. The molecule has 0 radical (unpaired) electrons. The van der Waals surface area contributed by atoms with Crippen molar-refractivity contribution in [2.75, 3.05) is 20.2 Å². The number of benzene rings is 2. The molecule has 264 valence electrons. The molecule has 13 heteroatoms. The fraction of sp³-hybridized carbons (Fsp3) is 0.282. The van der Waals surface area contributed by atoms with E-state index in [4.69, 9.17) is 21.3 Å². The van der Waals surface area contributed by atoms with E-state index in [9.17, 15) is 19.6 Å². The summed E-state index contributed by atoms with van der Waals surface area (Å²) in [7, 11) is 1.56. The Labute approximate surface area is 305 Å². The lowest BCUT2D eigenvalue weighted by molar-refractivity contribution is -0.120. The van der Waals surface area contributed by atoms with E-state index in [1.54, 1.807) is 19.5 Å². The Morgan fingerprint density at radius 1 is 0.885 bits per heavy atom. The average Bonchev–Trinajstić information content (AvgIpc) is 3.78. The SMILES string of the molecule is COc1nc(-c2cccc(-c3cccc(-c4ccn5c(=O)c(CNC[C@H]6CCC(=O)N6)cnc5c4)c3Cl)c2C#N)ccc1CNC[C@@H]1CCC(=O)N1. The Balaban J connectivity index is 1.12. The van der Waals surface area contributed by atoms with Crippen LogP contribution < -0.4 is 31.6 Å². The third-order valence-corrected chi connectivity index (χ3v) is 9.95. The van der Waals surface area contributed by atoms with E-state index in [0.717, 1.165) is 29.5 Å². The molecule has 2 aliphatic rings. The molecule has 2 saturated heterocycles. The molecule has 0 bridgehead atoms. The summed E-state index contributed by atoms with van der Waals surface area (Å²) >= 11 is 7.11. The van der Waals surface area contributed by atoms with Crippen molar-refractivity contribution in [3.05, 3.63) is 105 Å². The van der Waals surface area contributed by atoms with Gasteiger partial charge in [-0.25, -0.2) is 9.97 Å². The van der Waals surface area contributed by atoms with Gasteiger partial charge in [-0.1, -0.05) is 54.1 Å². The summed E-state index contributed by atoms with van der Waals surface area (Å²) in [5.41, 5.74) is 6.14. The summed E-state index contributed by atoms with van der Waals surface area (Å²) in [4.78, 5) is 45.6. The maximum Gasteiger partial charge on any atom is 0.262 e. The number of halogens is 1. The number of aromatic nitrogens is 3. The highest BCUT2D eigenvalue weighted by Gasteiger charge is 2.22. The maximum absolute atomic E-state index is 13.3. The number of carbonyl (C=O) groups is 2. The van der Waals surface area contributed by atoms with Crippen molar-refractivity contribution < 1.29 is 14.3 Å². The predicted octanol–water partition coefficient (Wildman–Crippen LogP) is 4.36. The lowest BCUT2D eigenvalue weighted by Gasteiger charge is -2.16. The monoisotopic (exact) mass is 716 g/mol. The Hall–Kier alpha value is -5.61. The van der Waals surface area contributed by atoms with Gasteiger partial charge in [-0.2, -0.15) is 5.26 Å². The van der Waals surface area contributed by atoms with Crippen LogP contribution in [-0.4, -0.2) is 58.5 Å². The highest BCUT2D eigenvalue weighted by atomic mass is 35.5. The zero-order valence-electron chi connectivity index (χ0n) is 28.5. The highest BCUT2D eigenvalue weighted by Crippen LogP contribution is 2.40. The van der Waals surface area contributed by atoms with Crippen molar-refractivity contribution in [1.29, 1.82) is 5.26 Å². The third kappa shape index (κ3) is 7.25. The molecule has 2 aromatic carbocycles. The normalized spacial score (nSPS) is 16.9. The second-order valence-electron chi connectivity index (χ2n) is 13.0. The van der Waals surface area contributed by atoms with Gasteiger partial charge in [0.2, 0.25) is 17.7 Å². The fourth-order valence-electron chi connectivity index (χ4n) is 6.83. The van der Waals surface area contributed by atoms with Gasteiger partial charge in [0.1, 0.15) is 11.7 Å². The second-order valence-corrected chi connectivity index (χ2v) is 13.4. The van der Waals surface area contributed by atoms with Crippen molar-refractivity contribution in [3.8, 4) is 45.5 Å². The summed E-state index contributed by atoms with van der Waals surface area (Å²) in [6.07, 6.45) is 5.94. The second kappa shape index (κ2) is 15.3. The largest absolute Gasteiger partial charge is 0.481 e. The van der Waals surface area contributed by atoms with E-state index in [1.165, 1.54) is 4.40 Å². The molecule has 0 saturated carbocycles. The van der Waals surface area contributed by atoms with Crippen LogP contribution in [0.25, 0.3) is 39.2 Å². The maximum atomic E-state index is 13.3. The number of nitriles is 1. The predicted molar refractivity (Wildman–Crippen MR) is 198 cm³/mol. The summed E-state index contributed by atoms with van der Waals surface area (Å²) in [6, 6.07) is 21.2. The molecule has 0 spiro atoms. The smallest absolute Gasteiger partial charge is 0.262 e. The van der Waals surface area contributed by atoms with E-state index >= 15 is 0 Å². The summed E-state index contributed by atoms with van der Waals surface area (Å²) in [5, 5.41) is 23.4. The van der Waals surface area contributed by atoms with Gasteiger partial charge in [0, 0.05) is 96.9 Å². The van der Waals surface area contributed by atoms with Crippen molar-refractivity contribution in [3.63, 3.8) is 0 Å². The first-order chi connectivity index (χ1) is 25.3. The Morgan fingerprint density at radius 2 is 1.54 bits per heavy atom. The van der Waals surface area contributed by atoms with Gasteiger partial charge in [0.15, 0.2) is 0 Å². The highest BCUT2D eigenvalue weighted by molar-refractivity contribution is 6.36. The van der Waals surface area contributed by atoms with Crippen LogP contribution in [-0.2, 0) is 22.7 Å². The zero-order chi connectivity index (χ0) is 36.2. The molecule has 0 aliphatic carbocycles. The first-order valence-electron chi connectivity index (χ1n) is 17.2. The number of rotatable bonds is 12. The van der Waals surface area contributed by atoms with E-state index in [1.807, 2.05) is 60.7 Å². The van der Waals surface area contributed by atoms with Crippen LogP contribution in [0, 0.1) is 11.3 Å². The number of nitrogens with zero attached hydrogens (tertiary/aromatic N) is 4. The van der Waals surface area contributed by atoms with Gasteiger partial charge in [0.25, 0.3) is 5.56 Å². The number of fused-ring (bicyclic) bond motifs is 1. The number of nitrogens with one attached hydrogen (secondary N) is 4. The van der Waals surface area contributed by atoms with Gasteiger partial charge in [0.05, 0.1) is 23.4 Å². The molecule has 5 heterocycles.